The van der Waals surface area contributed by atoms with Gasteiger partial charge in [0.1, 0.15) is 0 Å². The van der Waals surface area contributed by atoms with Gasteiger partial charge in [0.2, 0.25) is 5.91 Å². The molecule has 2 nitrogen and oxygen atoms in total. The molecule has 1 heterocycles. The lowest BCUT2D eigenvalue weighted by atomic mass is 10.1. The van der Waals surface area contributed by atoms with Crippen LogP contribution in [-0.4, -0.2) is 12.5 Å². The summed E-state index contributed by atoms with van der Waals surface area (Å²) in [6.45, 7) is 4.57. The van der Waals surface area contributed by atoms with Crippen LogP contribution in [0.4, 0.5) is 5.69 Å². The topological polar surface area (TPSA) is 20.3 Å². The van der Waals surface area contributed by atoms with Crippen molar-refractivity contribution in [2.45, 2.75) is 12.8 Å². The van der Waals surface area contributed by atoms with Crippen molar-refractivity contribution in [3.05, 3.63) is 66.2 Å². The van der Waals surface area contributed by atoms with Gasteiger partial charge in [0.25, 0.3) is 0 Å². The Morgan fingerprint density at radius 3 is 2.71 bits per heavy atom. The Morgan fingerprint density at radius 2 is 1.90 bits per heavy atom. The van der Waals surface area contributed by atoms with E-state index in [1.54, 1.807) is 0 Å². The Kier molecular flexibility index (Phi) is 2.71. The van der Waals surface area contributed by atoms with Crippen LogP contribution in [0.2, 0.25) is 0 Å². The highest BCUT2D eigenvalue weighted by atomic mass is 16.2. The van der Waals surface area contributed by atoms with Crippen LogP contribution in [0.25, 0.3) is 11.1 Å². The van der Waals surface area contributed by atoms with E-state index in [0.717, 1.165) is 18.7 Å². The van der Waals surface area contributed by atoms with Gasteiger partial charge in [-0.15, -0.1) is 6.58 Å². The van der Waals surface area contributed by atoms with Crippen molar-refractivity contribution in [3.8, 4) is 11.1 Å². The molecule has 1 saturated heterocycles. The molecular weight excluding hydrogens is 258 g/mol. The zero-order chi connectivity index (χ0) is 14.4. The first-order valence-electron chi connectivity index (χ1n) is 7.40. The number of hydrogen-bond donors (Lipinski definition) is 0. The molecule has 1 fully saturated rings. The van der Waals surface area contributed by atoms with Crippen molar-refractivity contribution in [2.75, 3.05) is 11.4 Å². The van der Waals surface area contributed by atoms with Crippen molar-refractivity contribution in [1.82, 2.24) is 0 Å². The van der Waals surface area contributed by atoms with Crippen molar-refractivity contribution < 1.29 is 4.79 Å². The minimum atomic E-state index is 0.204. The number of carbonyl (C=O) groups is 1. The highest BCUT2D eigenvalue weighted by Crippen LogP contribution is 2.39. The number of anilines is 1. The van der Waals surface area contributed by atoms with Crippen LogP contribution in [0, 0.1) is 5.92 Å². The number of carbonyl (C=O) groups excluding carboxylic acids is 1. The fourth-order valence-corrected chi connectivity index (χ4v) is 3.44. The van der Waals surface area contributed by atoms with E-state index in [-0.39, 0.29) is 11.8 Å². The number of amides is 1. The molecule has 0 aromatic heterocycles. The van der Waals surface area contributed by atoms with E-state index in [1.165, 1.54) is 22.3 Å². The highest BCUT2D eigenvalue weighted by molar-refractivity contribution is 5.96. The number of nitrogens with zero attached hydrogens (tertiary/aromatic N) is 1. The Hall–Kier alpha value is -2.35. The highest BCUT2D eigenvalue weighted by Gasteiger charge is 2.29. The normalized spacial score (nSPS) is 19.5. The van der Waals surface area contributed by atoms with Gasteiger partial charge < -0.3 is 4.90 Å². The van der Waals surface area contributed by atoms with E-state index in [0.29, 0.717) is 6.42 Å². The molecule has 2 aliphatic rings. The molecular formula is C19H17NO. The van der Waals surface area contributed by atoms with Crippen LogP contribution in [0.3, 0.4) is 0 Å². The Morgan fingerprint density at radius 1 is 1.10 bits per heavy atom. The second-order valence-electron chi connectivity index (χ2n) is 5.88. The fraction of sp³-hybridized carbons (Fsp3) is 0.211. The largest absolute Gasteiger partial charge is 0.312 e. The van der Waals surface area contributed by atoms with Gasteiger partial charge >= 0.3 is 0 Å². The minimum Gasteiger partial charge on any atom is -0.312 e. The molecule has 2 aromatic carbocycles. The van der Waals surface area contributed by atoms with Crippen LogP contribution in [0.1, 0.15) is 17.5 Å². The zero-order valence-electron chi connectivity index (χ0n) is 11.9. The molecule has 0 N–H and O–H groups in total. The van der Waals surface area contributed by atoms with Gasteiger partial charge in [-0.1, -0.05) is 36.4 Å². The first-order chi connectivity index (χ1) is 10.3. The van der Waals surface area contributed by atoms with Gasteiger partial charge in [0, 0.05) is 24.6 Å². The third kappa shape index (κ3) is 1.90. The summed E-state index contributed by atoms with van der Waals surface area (Å²) in [5, 5.41) is 0. The standard InChI is InChI=1S/C19H17NO/c1-2-13-9-19(21)20(12-13)16-7-8-18-15(11-16)10-14-5-3-4-6-17(14)18/h2-8,11,13H,1,9-10,12H2. The lowest BCUT2D eigenvalue weighted by molar-refractivity contribution is -0.117. The fourth-order valence-electron chi connectivity index (χ4n) is 3.44. The second-order valence-corrected chi connectivity index (χ2v) is 5.88. The van der Waals surface area contributed by atoms with E-state index in [4.69, 9.17) is 0 Å². The molecule has 0 radical (unpaired) electrons. The van der Waals surface area contributed by atoms with Crippen LogP contribution in [0.15, 0.2) is 55.1 Å². The SMILES string of the molecule is C=CC1CC(=O)N(c2ccc3c(c2)Cc2ccccc2-3)C1. The van der Waals surface area contributed by atoms with E-state index >= 15 is 0 Å². The molecule has 2 heteroatoms. The van der Waals surface area contributed by atoms with E-state index in [9.17, 15) is 4.79 Å². The predicted octanol–water partition coefficient (Wildman–Crippen LogP) is 3.80. The molecule has 0 spiro atoms. The van der Waals surface area contributed by atoms with Crippen LogP contribution in [-0.2, 0) is 11.2 Å². The zero-order valence-corrected chi connectivity index (χ0v) is 11.9. The molecule has 1 unspecified atom stereocenters. The first kappa shape index (κ1) is 12.4. The lowest BCUT2D eigenvalue weighted by Gasteiger charge is -2.17. The van der Waals surface area contributed by atoms with Gasteiger partial charge in [-0.2, -0.15) is 0 Å². The number of fused-ring (bicyclic) bond motifs is 3. The van der Waals surface area contributed by atoms with Crippen molar-refractivity contribution in [3.63, 3.8) is 0 Å². The third-order valence-electron chi connectivity index (χ3n) is 4.58. The minimum absolute atomic E-state index is 0.204. The molecule has 1 aliphatic carbocycles. The van der Waals surface area contributed by atoms with Gasteiger partial charge in [0.15, 0.2) is 0 Å². The maximum Gasteiger partial charge on any atom is 0.227 e. The average Bonchev–Trinajstić information content (AvgIpc) is 3.06. The van der Waals surface area contributed by atoms with Gasteiger partial charge in [-0.05, 0) is 40.8 Å². The molecule has 104 valence electrons. The molecule has 1 amide bonds. The Labute approximate surface area is 124 Å². The van der Waals surface area contributed by atoms with Gasteiger partial charge in [0.05, 0.1) is 0 Å². The summed E-state index contributed by atoms with van der Waals surface area (Å²) in [5.74, 6) is 0.485. The summed E-state index contributed by atoms with van der Waals surface area (Å²) < 4.78 is 0. The van der Waals surface area contributed by atoms with E-state index < -0.39 is 0 Å². The Balaban J connectivity index is 1.71. The predicted molar refractivity (Wildman–Crippen MR) is 85.3 cm³/mol. The number of hydrogen-bond acceptors (Lipinski definition) is 1. The number of rotatable bonds is 2. The smallest absolute Gasteiger partial charge is 0.227 e. The molecule has 1 aliphatic heterocycles. The number of benzene rings is 2. The third-order valence-corrected chi connectivity index (χ3v) is 4.58. The monoisotopic (exact) mass is 275 g/mol. The maximum absolute atomic E-state index is 12.1. The summed E-state index contributed by atoms with van der Waals surface area (Å²) in [5.41, 5.74) is 6.36. The lowest BCUT2D eigenvalue weighted by Crippen LogP contribution is -2.24. The van der Waals surface area contributed by atoms with Crippen molar-refractivity contribution in [2.24, 2.45) is 5.92 Å². The summed E-state index contributed by atoms with van der Waals surface area (Å²) in [6.07, 6.45) is 3.44. The van der Waals surface area contributed by atoms with Crippen LogP contribution in [0.5, 0.6) is 0 Å². The average molecular weight is 275 g/mol. The Bertz CT molecular complexity index is 747. The molecule has 2 aromatic rings. The molecule has 0 bridgehead atoms. The summed E-state index contributed by atoms with van der Waals surface area (Å²) in [4.78, 5) is 14.0. The van der Waals surface area contributed by atoms with Gasteiger partial charge in [-0.3, -0.25) is 4.79 Å². The second kappa shape index (κ2) is 4.59. The molecule has 1 atom stereocenters. The van der Waals surface area contributed by atoms with E-state index in [2.05, 4.69) is 49.0 Å². The summed E-state index contributed by atoms with van der Waals surface area (Å²) >= 11 is 0. The molecule has 21 heavy (non-hydrogen) atoms. The quantitative estimate of drug-likeness (QED) is 0.651. The van der Waals surface area contributed by atoms with Crippen molar-refractivity contribution in [1.29, 1.82) is 0 Å². The van der Waals surface area contributed by atoms with Crippen LogP contribution >= 0.6 is 0 Å². The maximum atomic E-state index is 12.1. The first-order valence-corrected chi connectivity index (χ1v) is 7.40. The molecule has 4 rings (SSSR count). The summed E-state index contributed by atoms with van der Waals surface area (Å²) in [6, 6.07) is 14.9. The van der Waals surface area contributed by atoms with Crippen molar-refractivity contribution >= 4 is 11.6 Å². The van der Waals surface area contributed by atoms with E-state index in [1.807, 2.05) is 11.0 Å². The molecule has 0 saturated carbocycles. The summed E-state index contributed by atoms with van der Waals surface area (Å²) in [7, 11) is 0. The van der Waals surface area contributed by atoms with Crippen LogP contribution < -0.4 is 4.90 Å². The van der Waals surface area contributed by atoms with Gasteiger partial charge in [-0.25, -0.2) is 0 Å².